The van der Waals surface area contributed by atoms with Crippen LogP contribution in [-0.2, 0) is 0 Å². The third-order valence-electron chi connectivity index (χ3n) is 5.09. The number of unbranched alkanes of at least 4 members (excludes halogenated alkanes) is 9. The highest BCUT2D eigenvalue weighted by Crippen LogP contribution is 2.37. The van der Waals surface area contributed by atoms with Gasteiger partial charge in [-0.15, -0.1) is 0 Å². The first kappa shape index (κ1) is 18.5. The molecule has 0 aliphatic carbocycles. The molecule has 1 aromatic heterocycles. The fourth-order valence-corrected chi connectivity index (χ4v) is 4.81. The first-order chi connectivity index (χ1) is 12.3. The summed E-state index contributed by atoms with van der Waals surface area (Å²) in [6.07, 6.45) is 14.3. The average molecular weight is 359 g/mol. The Labute approximate surface area is 155 Å². The number of aromatic nitrogens is 2. The van der Waals surface area contributed by atoms with E-state index in [0.29, 0.717) is 0 Å². The number of benzene rings is 1. The normalized spacial score (nSPS) is 16.7. The number of imidazole rings is 1. The van der Waals surface area contributed by atoms with Crippen LogP contribution in [0.3, 0.4) is 0 Å². The molecule has 2 aromatic rings. The third-order valence-corrected chi connectivity index (χ3v) is 6.30. The second-order valence-electron chi connectivity index (χ2n) is 7.13. The van der Waals surface area contributed by atoms with E-state index in [0.717, 1.165) is 29.0 Å². The molecule has 3 nitrogen and oxygen atoms in total. The van der Waals surface area contributed by atoms with Crippen molar-refractivity contribution < 1.29 is 4.79 Å². The maximum atomic E-state index is 12.7. The highest BCUT2D eigenvalue weighted by atomic mass is 32.2. The molecule has 136 valence electrons. The lowest BCUT2D eigenvalue weighted by atomic mass is 10.1. The molecule has 0 spiro atoms. The highest BCUT2D eigenvalue weighted by Gasteiger charge is 2.33. The van der Waals surface area contributed by atoms with Crippen LogP contribution in [-0.4, -0.2) is 20.7 Å². The molecule has 1 aliphatic rings. The largest absolute Gasteiger partial charge is 0.273 e. The Morgan fingerprint density at radius 1 is 0.960 bits per heavy atom. The van der Waals surface area contributed by atoms with E-state index in [1.165, 1.54) is 57.8 Å². The van der Waals surface area contributed by atoms with Crippen molar-refractivity contribution >= 4 is 28.7 Å². The van der Waals surface area contributed by atoms with Crippen molar-refractivity contribution in [3.05, 3.63) is 24.3 Å². The van der Waals surface area contributed by atoms with Gasteiger partial charge in [0.1, 0.15) is 0 Å². The molecule has 0 amide bonds. The van der Waals surface area contributed by atoms with Crippen molar-refractivity contribution in [2.75, 3.05) is 0 Å². The lowest BCUT2D eigenvalue weighted by Crippen LogP contribution is -2.17. The molecule has 0 radical (unpaired) electrons. The van der Waals surface area contributed by atoms with Crippen LogP contribution in [0.5, 0.6) is 0 Å². The standard InChI is InChI=1S/C21H30N2OS/c1-2-3-4-5-6-7-8-9-10-11-16-19-20(24)23-18-15-13-12-14-17(18)22-21(23)25-19/h12-15,19H,2-11,16H2,1H3. The van der Waals surface area contributed by atoms with Crippen molar-refractivity contribution in [1.29, 1.82) is 0 Å². The Kier molecular flexibility index (Phi) is 6.97. The molecule has 0 saturated heterocycles. The van der Waals surface area contributed by atoms with Crippen molar-refractivity contribution in [1.82, 2.24) is 9.55 Å². The minimum absolute atomic E-state index is 0.0705. The highest BCUT2D eigenvalue weighted by molar-refractivity contribution is 8.00. The third kappa shape index (κ3) is 4.66. The predicted molar refractivity (Wildman–Crippen MR) is 106 cm³/mol. The van der Waals surface area contributed by atoms with E-state index in [1.54, 1.807) is 11.8 Å². The maximum Gasteiger partial charge on any atom is 0.246 e. The van der Waals surface area contributed by atoms with Crippen LogP contribution in [0, 0.1) is 0 Å². The fourth-order valence-electron chi connectivity index (χ4n) is 3.62. The van der Waals surface area contributed by atoms with Crippen LogP contribution in [0.15, 0.2) is 29.4 Å². The summed E-state index contributed by atoms with van der Waals surface area (Å²) in [5.41, 5.74) is 1.89. The quantitative estimate of drug-likeness (QED) is 0.432. The molecule has 3 rings (SSSR count). The molecule has 4 heteroatoms. The van der Waals surface area contributed by atoms with Gasteiger partial charge >= 0.3 is 0 Å². The summed E-state index contributed by atoms with van der Waals surface area (Å²) in [5.74, 6) is 0.227. The van der Waals surface area contributed by atoms with Crippen molar-refractivity contribution in [3.63, 3.8) is 0 Å². The molecule has 0 N–H and O–H groups in total. The van der Waals surface area contributed by atoms with Gasteiger partial charge in [0.05, 0.1) is 16.3 Å². The molecule has 2 heterocycles. The molecule has 1 atom stereocenters. The van der Waals surface area contributed by atoms with E-state index < -0.39 is 0 Å². The summed E-state index contributed by atoms with van der Waals surface area (Å²) in [6, 6.07) is 7.92. The van der Waals surface area contributed by atoms with E-state index in [9.17, 15) is 4.79 Å². The van der Waals surface area contributed by atoms with Crippen molar-refractivity contribution in [2.45, 2.75) is 88.0 Å². The number of hydrogen-bond acceptors (Lipinski definition) is 3. The van der Waals surface area contributed by atoms with Crippen LogP contribution in [0.4, 0.5) is 0 Å². The van der Waals surface area contributed by atoms with Gasteiger partial charge in [0.25, 0.3) is 0 Å². The minimum Gasteiger partial charge on any atom is -0.273 e. The van der Waals surface area contributed by atoms with Gasteiger partial charge in [-0.2, -0.15) is 0 Å². The van der Waals surface area contributed by atoms with E-state index >= 15 is 0 Å². The number of thioether (sulfide) groups is 1. The molecule has 25 heavy (non-hydrogen) atoms. The van der Waals surface area contributed by atoms with Crippen LogP contribution < -0.4 is 0 Å². The van der Waals surface area contributed by atoms with Gasteiger partial charge in [0, 0.05) is 0 Å². The van der Waals surface area contributed by atoms with Gasteiger partial charge in [0.15, 0.2) is 5.16 Å². The van der Waals surface area contributed by atoms with E-state index in [2.05, 4.69) is 11.9 Å². The topological polar surface area (TPSA) is 34.9 Å². The molecule has 1 aliphatic heterocycles. The Morgan fingerprint density at radius 3 is 2.32 bits per heavy atom. The number of carbonyl (C=O) groups is 1. The van der Waals surface area contributed by atoms with Crippen molar-refractivity contribution in [3.8, 4) is 0 Å². The average Bonchev–Trinajstić information content (AvgIpc) is 3.13. The molecular formula is C21H30N2OS. The minimum atomic E-state index is 0.0705. The van der Waals surface area contributed by atoms with Crippen LogP contribution >= 0.6 is 11.8 Å². The van der Waals surface area contributed by atoms with E-state index in [1.807, 2.05) is 28.8 Å². The monoisotopic (exact) mass is 358 g/mol. The van der Waals surface area contributed by atoms with E-state index in [4.69, 9.17) is 0 Å². The lowest BCUT2D eigenvalue weighted by molar-refractivity contribution is 0.0911. The maximum absolute atomic E-state index is 12.7. The zero-order valence-corrected chi connectivity index (χ0v) is 16.2. The zero-order valence-electron chi connectivity index (χ0n) is 15.4. The van der Waals surface area contributed by atoms with Gasteiger partial charge in [-0.1, -0.05) is 95.0 Å². The first-order valence-electron chi connectivity index (χ1n) is 9.99. The Morgan fingerprint density at radius 2 is 1.60 bits per heavy atom. The summed E-state index contributed by atoms with van der Waals surface area (Å²) < 4.78 is 1.82. The van der Waals surface area contributed by atoms with Gasteiger partial charge < -0.3 is 0 Å². The summed E-state index contributed by atoms with van der Waals surface area (Å²) in [5, 5.41) is 0.949. The van der Waals surface area contributed by atoms with Gasteiger partial charge in [-0.25, -0.2) is 4.98 Å². The lowest BCUT2D eigenvalue weighted by Gasteiger charge is -2.07. The molecular weight excluding hydrogens is 328 g/mol. The number of para-hydroxylation sites is 2. The zero-order chi connectivity index (χ0) is 17.5. The van der Waals surface area contributed by atoms with E-state index in [-0.39, 0.29) is 11.2 Å². The van der Waals surface area contributed by atoms with Gasteiger partial charge in [0.2, 0.25) is 5.91 Å². The Bertz CT molecular complexity index is 694. The van der Waals surface area contributed by atoms with Gasteiger partial charge in [-0.3, -0.25) is 9.36 Å². The second-order valence-corrected chi connectivity index (χ2v) is 8.30. The molecule has 1 unspecified atom stereocenters. The molecule has 0 fully saturated rings. The Hall–Kier alpha value is -1.29. The Balaban J connectivity index is 1.33. The SMILES string of the molecule is CCCCCCCCCCCCC1Sc2nc3ccccc3n2C1=O. The first-order valence-corrected chi connectivity index (χ1v) is 10.9. The summed E-state index contributed by atoms with van der Waals surface area (Å²) in [7, 11) is 0. The number of carbonyl (C=O) groups excluding carboxylic acids is 1. The van der Waals surface area contributed by atoms with Crippen LogP contribution in [0.25, 0.3) is 11.0 Å². The molecule has 1 aromatic carbocycles. The fraction of sp³-hybridized carbons (Fsp3) is 0.619. The number of nitrogens with zero attached hydrogens (tertiary/aromatic N) is 2. The summed E-state index contributed by atoms with van der Waals surface area (Å²) in [4.78, 5) is 17.3. The summed E-state index contributed by atoms with van der Waals surface area (Å²) >= 11 is 1.65. The number of hydrogen-bond donors (Lipinski definition) is 0. The second kappa shape index (κ2) is 9.42. The summed E-state index contributed by atoms with van der Waals surface area (Å²) in [6.45, 7) is 2.27. The number of rotatable bonds is 11. The van der Waals surface area contributed by atoms with Gasteiger partial charge in [-0.05, 0) is 18.6 Å². The van der Waals surface area contributed by atoms with Crippen LogP contribution in [0.2, 0.25) is 0 Å². The number of fused-ring (bicyclic) bond motifs is 3. The molecule has 0 bridgehead atoms. The van der Waals surface area contributed by atoms with Crippen LogP contribution in [0.1, 0.15) is 82.3 Å². The molecule has 0 saturated carbocycles. The smallest absolute Gasteiger partial charge is 0.246 e. The van der Waals surface area contributed by atoms with Crippen molar-refractivity contribution in [2.24, 2.45) is 0 Å². The predicted octanol–water partition coefficient (Wildman–Crippen LogP) is 6.46.